The SMILES string of the molecule is CC1=CC(=O)[C@H](C2CCCCC2)C1. The van der Waals surface area contributed by atoms with Crippen molar-refractivity contribution >= 4 is 5.78 Å². The van der Waals surface area contributed by atoms with E-state index in [0.29, 0.717) is 17.6 Å². The predicted molar refractivity (Wildman–Crippen MR) is 53.4 cm³/mol. The van der Waals surface area contributed by atoms with Crippen molar-refractivity contribution < 1.29 is 4.79 Å². The minimum Gasteiger partial charge on any atom is -0.295 e. The molecule has 1 heteroatoms. The molecule has 0 heterocycles. The number of hydrogen-bond acceptors (Lipinski definition) is 1. The molecule has 2 aliphatic carbocycles. The van der Waals surface area contributed by atoms with E-state index in [4.69, 9.17) is 0 Å². The summed E-state index contributed by atoms with van der Waals surface area (Å²) in [4.78, 5) is 11.6. The van der Waals surface area contributed by atoms with E-state index < -0.39 is 0 Å². The first-order chi connectivity index (χ1) is 6.27. The van der Waals surface area contributed by atoms with Gasteiger partial charge >= 0.3 is 0 Å². The van der Waals surface area contributed by atoms with E-state index in [1.54, 1.807) is 0 Å². The van der Waals surface area contributed by atoms with Gasteiger partial charge in [0.2, 0.25) is 0 Å². The first-order valence-corrected chi connectivity index (χ1v) is 5.48. The van der Waals surface area contributed by atoms with Crippen molar-refractivity contribution in [2.24, 2.45) is 11.8 Å². The monoisotopic (exact) mass is 178 g/mol. The number of allylic oxidation sites excluding steroid dienone is 2. The Hall–Kier alpha value is -0.590. The largest absolute Gasteiger partial charge is 0.295 e. The van der Waals surface area contributed by atoms with Crippen LogP contribution in [0, 0.1) is 11.8 Å². The minimum atomic E-state index is 0.361. The summed E-state index contributed by atoms with van der Waals surface area (Å²) in [6, 6.07) is 0. The molecule has 0 unspecified atom stereocenters. The summed E-state index contributed by atoms with van der Waals surface area (Å²) >= 11 is 0. The maximum absolute atomic E-state index is 11.6. The minimum absolute atomic E-state index is 0.361. The van der Waals surface area contributed by atoms with Gasteiger partial charge in [-0.2, -0.15) is 0 Å². The number of carbonyl (C=O) groups excluding carboxylic acids is 1. The van der Waals surface area contributed by atoms with Crippen molar-refractivity contribution in [2.75, 3.05) is 0 Å². The average Bonchev–Trinajstić information content (AvgIpc) is 2.47. The summed E-state index contributed by atoms with van der Waals surface area (Å²) in [5, 5.41) is 0. The summed E-state index contributed by atoms with van der Waals surface area (Å²) in [5.41, 5.74) is 1.29. The maximum Gasteiger partial charge on any atom is 0.159 e. The van der Waals surface area contributed by atoms with Gasteiger partial charge in [-0.15, -0.1) is 0 Å². The second kappa shape index (κ2) is 3.65. The molecule has 1 saturated carbocycles. The van der Waals surface area contributed by atoms with E-state index in [0.717, 1.165) is 6.42 Å². The van der Waals surface area contributed by atoms with Crippen LogP contribution >= 0.6 is 0 Å². The van der Waals surface area contributed by atoms with E-state index in [1.165, 1.54) is 37.7 Å². The molecule has 1 fully saturated rings. The van der Waals surface area contributed by atoms with Crippen molar-refractivity contribution in [3.8, 4) is 0 Å². The van der Waals surface area contributed by atoms with Crippen LogP contribution in [0.2, 0.25) is 0 Å². The van der Waals surface area contributed by atoms with E-state index in [9.17, 15) is 4.79 Å². The first kappa shape index (κ1) is 8.98. The van der Waals surface area contributed by atoms with Crippen LogP contribution in [0.4, 0.5) is 0 Å². The highest BCUT2D eigenvalue weighted by molar-refractivity contribution is 5.95. The Balaban J connectivity index is 1.98. The normalized spacial score (nSPS) is 30.7. The second-order valence-electron chi connectivity index (χ2n) is 4.60. The summed E-state index contributed by atoms with van der Waals surface area (Å²) in [5.74, 6) is 1.47. The summed E-state index contributed by atoms with van der Waals surface area (Å²) in [6.45, 7) is 2.08. The van der Waals surface area contributed by atoms with E-state index in [-0.39, 0.29) is 0 Å². The third kappa shape index (κ3) is 1.84. The Morgan fingerprint density at radius 1 is 1.23 bits per heavy atom. The molecule has 0 aromatic carbocycles. The number of rotatable bonds is 1. The van der Waals surface area contributed by atoms with Crippen molar-refractivity contribution in [1.82, 2.24) is 0 Å². The van der Waals surface area contributed by atoms with Crippen LogP contribution in [0.3, 0.4) is 0 Å². The van der Waals surface area contributed by atoms with Gasteiger partial charge in [0.25, 0.3) is 0 Å². The van der Waals surface area contributed by atoms with Crippen LogP contribution in [0.25, 0.3) is 0 Å². The lowest BCUT2D eigenvalue weighted by atomic mass is 9.78. The topological polar surface area (TPSA) is 17.1 Å². The molecule has 0 aromatic heterocycles. The molecule has 13 heavy (non-hydrogen) atoms. The fraction of sp³-hybridized carbons (Fsp3) is 0.750. The quantitative estimate of drug-likeness (QED) is 0.603. The van der Waals surface area contributed by atoms with Gasteiger partial charge in [-0.1, -0.05) is 24.8 Å². The van der Waals surface area contributed by atoms with Crippen LogP contribution in [0.15, 0.2) is 11.6 Å². The van der Waals surface area contributed by atoms with Gasteiger partial charge in [0, 0.05) is 5.92 Å². The van der Waals surface area contributed by atoms with Gasteiger partial charge in [-0.25, -0.2) is 0 Å². The van der Waals surface area contributed by atoms with Crippen molar-refractivity contribution in [2.45, 2.75) is 45.4 Å². The molecule has 72 valence electrons. The Morgan fingerprint density at radius 3 is 2.46 bits per heavy atom. The van der Waals surface area contributed by atoms with Crippen LogP contribution in [0.1, 0.15) is 45.4 Å². The lowest BCUT2D eigenvalue weighted by Gasteiger charge is -2.26. The molecule has 0 aliphatic heterocycles. The third-order valence-corrected chi connectivity index (χ3v) is 3.51. The zero-order valence-corrected chi connectivity index (χ0v) is 8.38. The zero-order valence-electron chi connectivity index (χ0n) is 8.38. The number of hydrogen-bond donors (Lipinski definition) is 0. The molecule has 0 spiro atoms. The average molecular weight is 178 g/mol. The Labute approximate surface area is 80.2 Å². The molecule has 0 radical (unpaired) electrons. The molecule has 1 nitrogen and oxygen atoms in total. The third-order valence-electron chi connectivity index (χ3n) is 3.51. The fourth-order valence-electron chi connectivity index (χ4n) is 2.79. The Morgan fingerprint density at radius 2 is 1.92 bits per heavy atom. The smallest absolute Gasteiger partial charge is 0.159 e. The van der Waals surface area contributed by atoms with Gasteiger partial charge in [0.05, 0.1) is 0 Å². The van der Waals surface area contributed by atoms with Gasteiger partial charge in [-0.3, -0.25) is 4.79 Å². The summed E-state index contributed by atoms with van der Waals surface area (Å²) < 4.78 is 0. The fourth-order valence-corrected chi connectivity index (χ4v) is 2.79. The van der Waals surface area contributed by atoms with Crippen LogP contribution in [-0.2, 0) is 4.79 Å². The molecular formula is C12H18O. The van der Waals surface area contributed by atoms with Crippen LogP contribution < -0.4 is 0 Å². The van der Waals surface area contributed by atoms with E-state index >= 15 is 0 Å². The highest BCUT2D eigenvalue weighted by Crippen LogP contribution is 2.36. The predicted octanol–water partition coefficient (Wildman–Crippen LogP) is 3.10. The standard InChI is InChI=1S/C12H18O/c1-9-7-11(12(13)8-9)10-5-3-2-4-6-10/h8,10-11H,2-7H2,1H3/t11-/m0/s1. The summed E-state index contributed by atoms with van der Waals surface area (Å²) in [6.07, 6.45) is 9.54. The summed E-state index contributed by atoms with van der Waals surface area (Å²) in [7, 11) is 0. The molecule has 0 saturated heterocycles. The number of ketones is 1. The molecule has 0 amide bonds. The van der Waals surface area contributed by atoms with Crippen molar-refractivity contribution in [3.63, 3.8) is 0 Å². The lowest BCUT2D eigenvalue weighted by molar-refractivity contribution is -0.119. The molecule has 0 bridgehead atoms. The molecule has 0 N–H and O–H groups in total. The molecule has 2 aliphatic rings. The van der Waals surface area contributed by atoms with Gasteiger partial charge < -0.3 is 0 Å². The molecular weight excluding hydrogens is 160 g/mol. The van der Waals surface area contributed by atoms with E-state index in [2.05, 4.69) is 6.92 Å². The van der Waals surface area contributed by atoms with Crippen LogP contribution in [-0.4, -0.2) is 5.78 Å². The lowest BCUT2D eigenvalue weighted by Crippen LogP contribution is -2.21. The van der Waals surface area contributed by atoms with Crippen LogP contribution in [0.5, 0.6) is 0 Å². The maximum atomic E-state index is 11.6. The first-order valence-electron chi connectivity index (χ1n) is 5.48. The number of carbonyl (C=O) groups is 1. The van der Waals surface area contributed by atoms with E-state index in [1.807, 2.05) is 6.08 Å². The Kier molecular flexibility index (Phi) is 2.52. The molecule has 1 atom stereocenters. The van der Waals surface area contributed by atoms with Gasteiger partial charge in [0.1, 0.15) is 0 Å². The highest BCUT2D eigenvalue weighted by Gasteiger charge is 2.31. The molecule has 2 rings (SSSR count). The zero-order chi connectivity index (χ0) is 9.26. The molecule has 0 aromatic rings. The van der Waals surface area contributed by atoms with Gasteiger partial charge in [0.15, 0.2) is 5.78 Å². The Bertz CT molecular complexity index is 234. The second-order valence-corrected chi connectivity index (χ2v) is 4.60. The highest BCUT2D eigenvalue weighted by atomic mass is 16.1. The van der Waals surface area contributed by atoms with Crippen molar-refractivity contribution in [3.05, 3.63) is 11.6 Å². The van der Waals surface area contributed by atoms with Gasteiger partial charge in [-0.05, 0) is 38.2 Å². The van der Waals surface area contributed by atoms with Crippen molar-refractivity contribution in [1.29, 1.82) is 0 Å².